The van der Waals surface area contributed by atoms with Gasteiger partial charge in [-0.15, -0.1) is 0 Å². The van der Waals surface area contributed by atoms with Crippen molar-refractivity contribution in [1.29, 1.82) is 0 Å². The number of likely N-dealkylation sites (tertiary alicyclic amines) is 1. The SMILES string of the molecule is COc1ccc(NC(=O)[C@H]2[C@@H]3C=C[C@]4(CN(Cc5ccco5)C(=O)[C@H]24)O3)c(OC)c1. The van der Waals surface area contributed by atoms with Crippen molar-refractivity contribution in [1.82, 2.24) is 4.90 Å². The molecule has 1 N–H and O–H groups in total. The molecule has 4 heterocycles. The van der Waals surface area contributed by atoms with Crippen molar-refractivity contribution < 1.29 is 28.2 Å². The number of hydrogen-bond donors (Lipinski definition) is 1. The van der Waals surface area contributed by atoms with E-state index in [-0.39, 0.29) is 11.8 Å². The van der Waals surface area contributed by atoms with E-state index >= 15 is 0 Å². The Hall–Kier alpha value is -3.26. The van der Waals surface area contributed by atoms with Crippen LogP contribution >= 0.6 is 0 Å². The molecule has 2 saturated heterocycles. The average Bonchev–Trinajstić information content (AvgIpc) is 3.52. The van der Waals surface area contributed by atoms with E-state index in [9.17, 15) is 9.59 Å². The number of benzene rings is 1. The van der Waals surface area contributed by atoms with Crippen molar-refractivity contribution in [3.05, 3.63) is 54.5 Å². The van der Waals surface area contributed by atoms with Gasteiger partial charge in [0.2, 0.25) is 11.8 Å². The van der Waals surface area contributed by atoms with Crippen LogP contribution in [0.2, 0.25) is 0 Å². The summed E-state index contributed by atoms with van der Waals surface area (Å²) >= 11 is 0. The summed E-state index contributed by atoms with van der Waals surface area (Å²) in [6.45, 7) is 0.756. The van der Waals surface area contributed by atoms with Crippen molar-refractivity contribution in [2.45, 2.75) is 18.2 Å². The molecule has 4 atom stereocenters. The predicted octanol–water partition coefficient (Wildman–Crippen LogP) is 2.22. The lowest BCUT2D eigenvalue weighted by molar-refractivity contribution is -0.136. The molecule has 0 aliphatic carbocycles. The number of rotatable bonds is 6. The summed E-state index contributed by atoms with van der Waals surface area (Å²) in [5.41, 5.74) is -0.248. The number of furan rings is 1. The molecule has 8 heteroatoms. The second-order valence-electron chi connectivity index (χ2n) is 7.73. The third-order valence-corrected chi connectivity index (χ3v) is 6.07. The van der Waals surface area contributed by atoms with E-state index < -0.39 is 23.5 Å². The van der Waals surface area contributed by atoms with Crippen LogP contribution < -0.4 is 14.8 Å². The normalized spacial score (nSPS) is 28.7. The Labute approximate surface area is 173 Å². The number of ether oxygens (including phenoxy) is 3. The summed E-state index contributed by atoms with van der Waals surface area (Å²) in [5, 5.41) is 2.91. The summed E-state index contributed by atoms with van der Waals surface area (Å²) in [4.78, 5) is 28.2. The Morgan fingerprint density at radius 2 is 2.17 bits per heavy atom. The van der Waals surface area contributed by atoms with Crippen LogP contribution in [0.15, 0.2) is 53.2 Å². The Balaban J connectivity index is 1.38. The standard InChI is InChI=1S/C22H22N2O6/c1-27-13-5-6-15(17(10-13)28-2)23-20(25)18-16-7-8-22(30-16)12-24(21(26)19(18)22)11-14-4-3-9-29-14/h3-10,16,18-19H,11-12H2,1-2H3,(H,23,25)/t16-,18-,19-,22+/m0/s1. The first kappa shape index (κ1) is 18.7. The van der Waals surface area contributed by atoms with Gasteiger partial charge in [-0.05, 0) is 24.3 Å². The molecule has 2 aromatic rings. The number of methoxy groups -OCH3 is 2. The van der Waals surface area contributed by atoms with Crippen LogP contribution in [0.25, 0.3) is 0 Å². The molecule has 1 aromatic heterocycles. The predicted molar refractivity (Wildman–Crippen MR) is 106 cm³/mol. The highest BCUT2D eigenvalue weighted by molar-refractivity contribution is 6.00. The highest BCUT2D eigenvalue weighted by atomic mass is 16.5. The van der Waals surface area contributed by atoms with Crippen molar-refractivity contribution in [2.75, 3.05) is 26.1 Å². The van der Waals surface area contributed by atoms with Crippen LogP contribution in [-0.2, 0) is 20.9 Å². The minimum atomic E-state index is -0.764. The number of nitrogens with one attached hydrogen (secondary N) is 1. The molecule has 3 aliphatic rings. The van der Waals surface area contributed by atoms with Gasteiger partial charge < -0.3 is 28.8 Å². The maximum Gasteiger partial charge on any atom is 0.231 e. The topological polar surface area (TPSA) is 90.2 Å². The number of carbonyl (C=O) groups excluding carboxylic acids is 2. The maximum atomic E-state index is 13.2. The fourth-order valence-corrected chi connectivity index (χ4v) is 4.72. The molecule has 0 radical (unpaired) electrons. The van der Waals surface area contributed by atoms with Gasteiger partial charge in [-0.25, -0.2) is 0 Å². The minimum Gasteiger partial charge on any atom is -0.497 e. The summed E-state index contributed by atoms with van der Waals surface area (Å²) in [5.74, 6) is 0.251. The van der Waals surface area contributed by atoms with Gasteiger partial charge in [-0.2, -0.15) is 0 Å². The Kier molecular flexibility index (Phi) is 4.32. The van der Waals surface area contributed by atoms with E-state index in [1.165, 1.54) is 7.11 Å². The molecule has 0 saturated carbocycles. The quantitative estimate of drug-likeness (QED) is 0.735. The van der Waals surface area contributed by atoms with Gasteiger partial charge in [0.25, 0.3) is 0 Å². The van der Waals surface area contributed by atoms with Crippen LogP contribution in [0.5, 0.6) is 11.5 Å². The molecule has 2 fully saturated rings. The van der Waals surface area contributed by atoms with Gasteiger partial charge in [0.1, 0.15) is 22.9 Å². The van der Waals surface area contributed by atoms with Crippen molar-refractivity contribution >= 4 is 17.5 Å². The summed E-state index contributed by atoms with van der Waals surface area (Å²) in [6, 6.07) is 8.76. The van der Waals surface area contributed by atoms with Gasteiger partial charge >= 0.3 is 0 Å². The van der Waals surface area contributed by atoms with E-state index in [0.29, 0.717) is 36.0 Å². The van der Waals surface area contributed by atoms with Gasteiger partial charge in [0.15, 0.2) is 0 Å². The largest absolute Gasteiger partial charge is 0.497 e. The van der Waals surface area contributed by atoms with Gasteiger partial charge in [0, 0.05) is 6.07 Å². The zero-order valence-corrected chi connectivity index (χ0v) is 16.7. The van der Waals surface area contributed by atoms with Crippen LogP contribution in [-0.4, -0.2) is 49.2 Å². The second-order valence-corrected chi connectivity index (χ2v) is 7.73. The number of anilines is 1. The first-order valence-electron chi connectivity index (χ1n) is 9.76. The fraction of sp³-hybridized carbons (Fsp3) is 0.364. The fourth-order valence-electron chi connectivity index (χ4n) is 4.72. The molecule has 3 aliphatic heterocycles. The molecule has 2 amide bonds. The Morgan fingerprint density at radius 3 is 2.90 bits per heavy atom. The van der Waals surface area contributed by atoms with E-state index in [0.717, 1.165) is 0 Å². The summed E-state index contributed by atoms with van der Waals surface area (Å²) in [7, 11) is 3.08. The van der Waals surface area contributed by atoms with Crippen molar-refractivity contribution in [2.24, 2.45) is 11.8 Å². The van der Waals surface area contributed by atoms with Gasteiger partial charge in [-0.3, -0.25) is 9.59 Å². The first-order valence-corrected chi connectivity index (χ1v) is 9.76. The highest BCUT2D eigenvalue weighted by Crippen LogP contribution is 2.52. The Morgan fingerprint density at radius 1 is 1.30 bits per heavy atom. The summed E-state index contributed by atoms with van der Waals surface area (Å²) < 4.78 is 22.1. The first-order chi connectivity index (χ1) is 14.5. The Bertz CT molecular complexity index is 1020. The third-order valence-electron chi connectivity index (χ3n) is 6.07. The molecule has 0 unspecified atom stereocenters. The molecule has 5 rings (SSSR count). The van der Waals surface area contributed by atoms with Crippen LogP contribution in [0.3, 0.4) is 0 Å². The number of nitrogens with zero attached hydrogens (tertiary/aromatic N) is 1. The van der Waals surface area contributed by atoms with E-state index in [1.54, 1.807) is 42.5 Å². The number of hydrogen-bond acceptors (Lipinski definition) is 6. The number of carbonyl (C=O) groups is 2. The van der Waals surface area contributed by atoms with Crippen LogP contribution in [0, 0.1) is 11.8 Å². The highest BCUT2D eigenvalue weighted by Gasteiger charge is 2.66. The maximum absolute atomic E-state index is 13.2. The lowest BCUT2D eigenvalue weighted by atomic mass is 9.76. The molecule has 1 aromatic carbocycles. The molecular weight excluding hydrogens is 388 g/mol. The zero-order valence-electron chi connectivity index (χ0n) is 16.7. The third kappa shape index (κ3) is 2.79. The van der Waals surface area contributed by atoms with Crippen LogP contribution in [0.4, 0.5) is 5.69 Å². The lowest BCUT2D eigenvalue weighted by Crippen LogP contribution is -2.41. The monoisotopic (exact) mass is 410 g/mol. The molecule has 2 bridgehead atoms. The summed E-state index contributed by atoms with van der Waals surface area (Å²) in [6.07, 6.45) is 4.97. The number of fused-ring (bicyclic) bond motifs is 1. The van der Waals surface area contributed by atoms with E-state index in [1.807, 2.05) is 18.2 Å². The van der Waals surface area contributed by atoms with E-state index in [4.69, 9.17) is 18.6 Å². The van der Waals surface area contributed by atoms with Crippen molar-refractivity contribution in [3.8, 4) is 11.5 Å². The molecule has 8 nitrogen and oxygen atoms in total. The molecule has 30 heavy (non-hydrogen) atoms. The average molecular weight is 410 g/mol. The number of amides is 2. The van der Waals surface area contributed by atoms with Crippen molar-refractivity contribution in [3.63, 3.8) is 0 Å². The van der Waals surface area contributed by atoms with Gasteiger partial charge in [-0.1, -0.05) is 12.2 Å². The zero-order chi connectivity index (χ0) is 20.9. The molecule has 1 spiro atoms. The van der Waals surface area contributed by atoms with E-state index in [2.05, 4.69) is 5.32 Å². The molecular formula is C22H22N2O6. The van der Waals surface area contributed by atoms with Crippen LogP contribution in [0.1, 0.15) is 5.76 Å². The van der Waals surface area contributed by atoms with Gasteiger partial charge in [0.05, 0.1) is 57.2 Å². The minimum absolute atomic E-state index is 0.0971. The smallest absolute Gasteiger partial charge is 0.231 e. The molecule has 156 valence electrons. The lowest BCUT2D eigenvalue weighted by Gasteiger charge is -2.24. The second kappa shape index (κ2) is 6.91.